The van der Waals surface area contributed by atoms with E-state index in [-0.39, 0.29) is 17.1 Å². The Bertz CT molecular complexity index is 1350. The van der Waals surface area contributed by atoms with E-state index in [9.17, 15) is 31.5 Å². The summed E-state index contributed by atoms with van der Waals surface area (Å²) in [6.07, 6.45) is -5.98. The molecule has 2 aromatic rings. The number of nitrogens with zero attached hydrogens (tertiary/aromatic N) is 3. The highest BCUT2D eigenvalue weighted by Gasteiger charge is 2.73. The largest absolute Gasteiger partial charge is 0.500 e. The van der Waals surface area contributed by atoms with Crippen molar-refractivity contribution in [3.05, 3.63) is 10.4 Å². The molecule has 3 N–H and O–H groups in total. The first kappa shape index (κ1) is 27.0. The fourth-order valence-corrected chi connectivity index (χ4v) is 6.43. The number of H-pyrrole nitrogens is 1. The number of alkyl halides is 3. The lowest BCUT2D eigenvalue weighted by Crippen LogP contribution is -2.60. The van der Waals surface area contributed by atoms with Crippen LogP contribution in [0.2, 0.25) is 0 Å². The minimum atomic E-state index is -6.43. The molecule has 4 heterocycles. The van der Waals surface area contributed by atoms with E-state index >= 15 is 0 Å². The summed E-state index contributed by atoms with van der Waals surface area (Å²) < 4.78 is 85.7. The van der Waals surface area contributed by atoms with E-state index in [2.05, 4.69) is 19.9 Å². The number of aliphatic hydroxyl groups is 1. The van der Waals surface area contributed by atoms with Gasteiger partial charge in [-0.1, -0.05) is 0 Å². The summed E-state index contributed by atoms with van der Waals surface area (Å²) in [5, 5.41) is 11.6. The second-order valence-corrected chi connectivity index (χ2v) is 14.1. The van der Waals surface area contributed by atoms with Crippen molar-refractivity contribution in [2.75, 3.05) is 11.6 Å². The number of aromatic amines is 1. The number of anilines is 1. The summed E-state index contributed by atoms with van der Waals surface area (Å²) in [5.41, 5.74) is -8.56. The third-order valence-electron chi connectivity index (χ3n) is 5.55. The van der Waals surface area contributed by atoms with Gasteiger partial charge in [-0.2, -0.15) is 18.2 Å². The van der Waals surface area contributed by atoms with E-state index in [1.165, 1.54) is 20.8 Å². The van der Waals surface area contributed by atoms with Crippen LogP contribution in [0.5, 0.6) is 0 Å². The molecule has 36 heavy (non-hydrogen) atoms. The summed E-state index contributed by atoms with van der Waals surface area (Å²) in [7, 11) is -7.83. The van der Waals surface area contributed by atoms with Gasteiger partial charge in [0, 0.05) is 0 Å². The van der Waals surface area contributed by atoms with Crippen molar-refractivity contribution >= 4 is 42.1 Å². The minimum Gasteiger partial charge on any atom is -0.379 e. The Morgan fingerprint density at radius 1 is 1.17 bits per heavy atom. The van der Waals surface area contributed by atoms with Crippen LogP contribution in [0.15, 0.2) is 4.79 Å². The van der Waals surface area contributed by atoms with Gasteiger partial charge in [0.25, 0.3) is 15.4 Å². The predicted molar refractivity (Wildman–Crippen MR) is 124 cm³/mol. The van der Waals surface area contributed by atoms with E-state index in [1.54, 1.807) is 20.8 Å². The first-order valence-electron chi connectivity index (χ1n) is 11.0. The Morgan fingerprint density at radius 3 is 2.36 bits per heavy atom. The number of ether oxygens (including phenoxy) is 3. The van der Waals surface area contributed by atoms with Crippen molar-refractivity contribution < 1.29 is 40.9 Å². The van der Waals surface area contributed by atoms with E-state index in [0.717, 1.165) is 0 Å². The molecular formula is C19H28F3N5O7SSi. The fraction of sp³-hybridized carbons (Fsp3) is 0.737. The van der Waals surface area contributed by atoms with E-state index < -0.39 is 71.8 Å². The molecule has 17 heteroatoms. The predicted octanol–water partition coefficient (Wildman–Crippen LogP) is -0.226. The third-order valence-corrected chi connectivity index (χ3v) is 8.62. The Morgan fingerprint density at radius 2 is 1.81 bits per heavy atom. The van der Waals surface area contributed by atoms with Crippen LogP contribution >= 0.6 is 0 Å². The molecule has 2 aliphatic heterocycles. The van der Waals surface area contributed by atoms with Gasteiger partial charge in [0.2, 0.25) is 10.9 Å². The number of imidazole rings is 1. The third kappa shape index (κ3) is 4.34. The number of fused-ring (bicyclic) bond motifs is 2. The lowest BCUT2D eigenvalue weighted by atomic mass is 10.1. The SMILES string of the molecule is CC(C)(C)OC[C@H]1O[C@@H](n2c3nc4nc([nH]c4c2=O)[SiH2]N3)[C@](O)(S(=O)(=O)C(F)(F)F)[C@@H]1OC(C)(C)C. The van der Waals surface area contributed by atoms with E-state index in [1.807, 2.05) is 0 Å². The molecule has 1 fully saturated rings. The quantitative estimate of drug-likeness (QED) is 0.421. The zero-order valence-corrected chi connectivity index (χ0v) is 22.7. The monoisotopic (exact) mass is 555 g/mol. The number of aromatic nitrogens is 4. The molecule has 2 aliphatic rings. The van der Waals surface area contributed by atoms with Gasteiger partial charge in [-0.15, -0.1) is 0 Å². The van der Waals surface area contributed by atoms with E-state index in [0.29, 0.717) is 10.0 Å². The number of rotatable bonds is 5. The second kappa shape index (κ2) is 8.22. The highest BCUT2D eigenvalue weighted by molar-refractivity contribution is 7.93. The molecular weight excluding hydrogens is 527 g/mol. The smallest absolute Gasteiger partial charge is 0.379 e. The van der Waals surface area contributed by atoms with Crippen LogP contribution in [0.25, 0.3) is 11.2 Å². The van der Waals surface area contributed by atoms with Gasteiger partial charge in [0.05, 0.1) is 17.8 Å². The first-order chi connectivity index (χ1) is 16.3. The van der Waals surface area contributed by atoms with Crippen molar-refractivity contribution in [2.24, 2.45) is 0 Å². The lowest BCUT2D eigenvalue weighted by Gasteiger charge is -2.37. The first-order valence-corrected chi connectivity index (χ1v) is 13.9. The number of halogens is 3. The molecule has 0 amide bonds. The van der Waals surface area contributed by atoms with Gasteiger partial charge < -0.3 is 29.3 Å². The maximum atomic E-state index is 14.0. The summed E-state index contributed by atoms with van der Waals surface area (Å²) >= 11 is 0. The van der Waals surface area contributed by atoms with Gasteiger partial charge >= 0.3 is 5.51 Å². The Labute approximate surface area is 206 Å². The van der Waals surface area contributed by atoms with Crippen LogP contribution in [-0.2, 0) is 24.0 Å². The number of hydrogen-bond donors (Lipinski definition) is 3. The normalized spacial score (nSPS) is 27.8. The molecule has 0 saturated carbocycles. The minimum absolute atomic E-state index is 0.00840. The standard InChI is InChI=1S/C19H28F3N5O7SSi/c1-16(2,3)32-7-8-10(34-17(4,5)6)18(29,35(30,31)19(20,21)22)13(33-8)27-12(28)9-11-24-14(27)26-36-15(23-9)25-11/h8,10,13,29H,7,36H2,1-6H3,(H,23,25)(H,24,26)/t8-,10-,13-,18-/m1/s1. The second-order valence-electron chi connectivity index (χ2n) is 10.6. The van der Waals surface area contributed by atoms with Crippen molar-refractivity contribution in [1.29, 1.82) is 0 Å². The molecule has 0 aliphatic carbocycles. The molecule has 1 saturated heterocycles. The van der Waals surface area contributed by atoms with Crippen molar-refractivity contribution in [3.8, 4) is 0 Å². The zero-order valence-electron chi connectivity index (χ0n) is 20.4. The molecule has 2 aromatic heterocycles. The van der Waals surface area contributed by atoms with Crippen LogP contribution in [-0.4, -0.2) is 83.2 Å². The molecule has 0 aromatic carbocycles. The molecule has 202 valence electrons. The number of hydrogen-bond acceptors (Lipinski definition) is 10. The Kier molecular flexibility index (Phi) is 6.17. The van der Waals surface area contributed by atoms with Gasteiger partial charge in [-0.05, 0) is 41.5 Å². The zero-order chi connectivity index (χ0) is 27.1. The van der Waals surface area contributed by atoms with Gasteiger partial charge in [0.1, 0.15) is 17.7 Å². The van der Waals surface area contributed by atoms with E-state index in [4.69, 9.17) is 14.2 Å². The molecule has 4 rings (SSSR count). The summed E-state index contributed by atoms with van der Waals surface area (Å²) in [5.74, 6) is -0.265. The molecule has 0 unspecified atom stereocenters. The van der Waals surface area contributed by atoms with Gasteiger partial charge in [0.15, 0.2) is 27.1 Å². The van der Waals surface area contributed by atoms with Gasteiger partial charge in [-0.25, -0.2) is 18.0 Å². The van der Waals surface area contributed by atoms with Crippen LogP contribution in [0.3, 0.4) is 0 Å². The average molecular weight is 556 g/mol. The van der Waals surface area contributed by atoms with Crippen molar-refractivity contribution in [2.45, 2.75) is 81.6 Å². The molecule has 4 atom stereocenters. The fourth-order valence-electron chi connectivity index (χ4n) is 4.06. The van der Waals surface area contributed by atoms with Crippen LogP contribution in [0.1, 0.15) is 47.8 Å². The number of sulfone groups is 1. The Hall–Kier alpha value is -2.05. The molecule has 0 spiro atoms. The van der Waals surface area contributed by atoms with Crippen LogP contribution in [0, 0.1) is 0 Å². The lowest BCUT2D eigenvalue weighted by molar-refractivity contribution is -0.146. The summed E-state index contributed by atoms with van der Waals surface area (Å²) in [4.78, 5) is 23.5. The number of nitrogens with one attached hydrogen (secondary N) is 2. The summed E-state index contributed by atoms with van der Waals surface area (Å²) in [6.45, 7) is 9.02. The van der Waals surface area contributed by atoms with Crippen LogP contribution < -0.4 is 16.0 Å². The molecule has 12 nitrogen and oxygen atoms in total. The average Bonchev–Trinajstić information content (AvgIpc) is 3.15. The molecule has 0 radical (unpaired) electrons. The van der Waals surface area contributed by atoms with Crippen LogP contribution in [0.4, 0.5) is 19.1 Å². The highest BCUT2D eigenvalue weighted by Crippen LogP contribution is 2.50. The van der Waals surface area contributed by atoms with Gasteiger partial charge in [-0.3, -0.25) is 4.79 Å². The molecule has 3 bridgehead atoms. The van der Waals surface area contributed by atoms with Crippen molar-refractivity contribution in [1.82, 2.24) is 19.5 Å². The van der Waals surface area contributed by atoms with Crippen molar-refractivity contribution in [3.63, 3.8) is 0 Å². The Balaban J connectivity index is 1.97. The topological polar surface area (TPSA) is 158 Å². The summed E-state index contributed by atoms with van der Waals surface area (Å²) in [6, 6.07) is 0. The maximum absolute atomic E-state index is 14.0. The maximum Gasteiger partial charge on any atom is 0.500 e. The highest BCUT2D eigenvalue weighted by atomic mass is 32.2.